The van der Waals surface area contributed by atoms with Crippen LogP contribution in [0.5, 0.6) is 0 Å². The number of rotatable bonds is 2. The van der Waals surface area contributed by atoms with E-state index in [4.69, 9.17) is 11.6 Å². The van der Waals surface area contributed by atoms with Crippen molar-refractivity contribution in [2.45, 2.75) is 12.5 Å². The maximum atomic E-state index is 13.8. The van der Waals surface area contributed by atoms with Crippen LogP contribution in [0.15, 0.2) is 16.6 Å². The molecule has 0 aromatic heterocycles. The van der Waals surface area contributed by atoms with Gasteiger partial charge in [-0.05, 0) is 41.0 Å². The van der Waals surface area contributed by atoms with E-state index in [2.05, 4.69) is 21.2 Å². The largest absolute Gasteiger partial charge is 0.337 e. The maximum Gasteiger partial charge on any atom is 0.256 e. The molecule has 0 saturated carbocycles. The first-order valence-electron chi connectivity index (χ1n) is 5.63. The monoisotopic (exact) mass is 370 g/mol. The van der Waals surface area contributed by atoms with Gasteiger partial charge >= 0.3 is 0 Å². The molecule has 0 aliphatic carbocycles. The third-order valence-electron chi connectivity index (χ3n) is 3.14. The lowest BCUT2D eigenvalue weighted by Gasteiger charge is -2.24. The van der Waals surface area contributed by atoms with Gasteiger partial charge in [0.15, 0.2) is 0 Å². The molecule has 0 bridgehead atoms. The number of amides is 1. The number of hydrogen-bond acceptors (Lipinski definition) is 2. The van der Waals surface area contributed by atoms with Crippen LogP contribution >= 0.6 is 39.9 Å². The summed E-state index contributed by atoms with van der Waals surface area (Å²) in [5.74, 6) is -0.898. The number of nitrogens with zero attached hydrogens (tertiary/aromatic N) is 1. The van der Waals surface area contributed by atoms with Gasteiger partial charge in [0.1, 0.15) is 5.82 Å². The predicted octanol–water partition coefficient (Wildman–Crippen LogP) is 3.10. The number of hydrogen-bond donors (Lipinski definition) is 1. The number of carbonyl (C=O) groups is 1. The number of benzene rings is 1. The van der Waals surface area contributed by atoms with Crippen molar-refractivity contribution in [1.29, 1.82) is 0 Å². The third-order valence-corrected chi connectivity index (χ3v) is 4.34. The van der Waals surface area contributed by atoms with E-state index < -0.39 is 5.82 Å². The average molecular weight is 372 g/mol. The molecular weight excluding hydrogens is 358 g/mol. The molecule has 1 fully saturated rings. The zero-order valence-corrected chi connectivity index (χ0v) is 13.4. The van der Waals surface area contributed by atoms with Crippen LogP contribution in [0, 0.1) is 5.82 Å². The molecule has 1 heterocycles. The van der Waals surface area contributed by atoms with Gasteiger partial charge in [-0.15, -0.1) is 12.4 Å². The maximum absolute atomic E-state index is 13.8. The summed E-state index contributed by atoms with van der Waals surface area (Å²) in [6.07, 6.45) is 0.883. The van der Waals surface area contributed by atoms with Gasteiger partial charge in [-0.2, -0.15) is 0 Å². The van der Waals surface area contributed by atoms with Gasteiger partial charge in [0.25, 0.3) is 5.91 Å². The standard InChI is InChI=1S/C12H13BrClFN2O.ClH/c1-17(7-2-3-16-6-7)12(18)8-4-10(14)9(13)5-11(8)15;/h4-5,7,16H,2-3,6H2,1H3;1H/t7-;/m0./s1. The predicted molar refractivity (Wildman–Crippen MR) is 79.7 cm³/mol. The quantitative estimate of drug-likeness (QED) is 0.810. The Morgan fingerprint density at radius 3 is 2.84 bits per heavy atom. The van der Waals surface area contributed by atoms with Crippen LogP contribution in [0.1, 0.15) is 16.8 Å². The Balaban J connectivity index is 0.00000180. The van der Waals surface area contributed by atoms with Gasteiger partial charge in [0.2, 0.25) is 0 Å². The van der Waals surface area contributed by atoms with Crippen molar-refractivity contribution in [3.8, 4) is 0 Å². The molecule has 1 amide bonds. The molecular formula is C12H14BrCl2FN2O. The molecule has 3 nitrogen and oxygen atoms in total. The Labute approximate surface area is 131 Å². The summed E-state index contributed by atoms with van der Waals surface area (Å²) in [4.78, 5) is 13.8. The van der Waals surface area contributed by atoms with Crippen molar-refractivity contribution >= 4 is 45.8 Å². The lowest BCUT2D eigenvalue weighted by Crippen LogP contribution is -2.38. The van der Waals surface area contributed by atoms with E-state index in [0.29, 0.717) is 9.50 Å². The van der Waals surface area contributed by atoms with Crippen molar-refractivity contribution in [2.75, 3.05) is 20.1 Å². The van der Waals surface area contributed by atoms with Crippen LogP contribution in [0.4, 0.5) is 4.39 Å². The summed E-state index contributed by atoms with van der Waals surface area (Å²) in [6.45, 7) is 1.62. The normalized spacial score (nSPS) is 18.0. The number of carbonyl (C=O) groups excluding carboxylic acids is 1. The molecule has 1 aromatic carbocycles. The minimum atomic E-state index is -0.561. The van der Waals surface area contributed by atoms with Crippen molar-refractivity contribution in [1.82, 2.24) is 10.2 Å². The molecule has 1 atom stereocenters. The molecule has 1 aliphatic heterocycles. The van der Waals surface area contributed by atoms with Gasteiger partial charge < -0.3 is 10.2 Å². The Hall–Kier alpha value is -0.360. The second-order valence-corrected chi connectivity index (χ2v) is 5.57. The van der Waals surface area contributed by atoms with Crippen LogP contribution in [-0.2, 0) is 0 Å². The molecule has 106 valence electrons. The molecule has 2 rings (SSSR count). The molecule has 1 aliphatic rings. The highest BCUT2D eigenvalue weighted by molar-refractivity contribution is 9.10. The minimum Gasteiger partial charge on any atom is -0.337 e. The molecule has 1 aromatic rings. The molecule has 0 spiro atoms. The molecule has 1 N–H and O–H groups in total. The zero-order chi connectivity index (χ0) is 13.3. The smallest absolute Gasteiger partial charge is 0.256 e. The zero-order valence-electron chi connectivity index (χ0n) is 10.3. The Kier molecular flexibility index (Phi) is 6.05. The first kappa shape index (κ1) is 16.7. The van der Waals surface area contributed by atoms with E-state index in [0.717, 1.165) is 19.5 Å². The summed E-state index contributed by atoms with van der Waals surface area (Å²) < 4.78 is 14.2. The molecule has 19 heavy (non-hydrogen) atoms. The van der Waals surface area contributed by atoms with E-state index in [1.165, 1.54) is 12.1 Å². The Morgan fingerprint density at radius 1 is 1.58 bits per heavy atom. The highest BCUT2D eigenvalue weighted by Crippen LogP contribution is 2.26. The van der Waals surface area contributed by atoms with Gasteiger partial charge in [-0.1, -0.05) is 11.6 Å². The lowest BCUT2D eigenvalue weighted by atomic mass is 10.1. The summed E-state index contributed by atoms with van der Waals surface area (Å²) in [7, 11) is 1.69. The second-order valence-electron chi connectivity index (χ2n) is 4.31. The van der Waals surface area contributed by atoms with Crippen LogP contribution in [0.3, 0.4) is 0 Å². The topological polar surface area (TPSA) is 32.3 Å². The van der Waals surface area contributed by atoms with E-state index in [1.807, 2.05) is 0 Å². The fourth-order valence-electron chi connectivity index (χ4n) is 2.01. The Morgan fingerprint density at radius 2 is 2.26 bits per heavy atom. The highest BCUT2D eigenvalue weighted by atomic mass is 79.9. The number of nitrogens with one attached hydrogen (secondary N) is 1. The molecule has 1 saturated heterocycles. The van der Waals surface area contributed by atoms with Crippen LogP contribution < -0.4 is 5.32 Å². The van der Waals surface area contributed by atoms with Gasteiger partial charge in [-0.25, -0.2) is 4.39 Å². The third kappa shape index (κ3) is 3.60. The van der Waals surface area contributed by atoms with Gasteiger partial charge in [0, 0.05) is 24.1 Å². The van der Waals surface area contributed by atoms with E-state index in [1.54, 1.807) is 11.9 Å². The number of likely N-dealkylation sites (N-methyl/N-ethyl adjacent to an activating group) is 1. The van der Waals surface area contributed by atoms with Crippen molar-refractivity contribution < 1.29 is 9.18 Å². The molecule has 7 heteroatoms. The summed E-state index contributed by atoms with van der Waals surface area (Å²) >= 11 is 9.02. The van der Waals surface area contributed by atoms with Crippen molar-refractivity contribution in [3.05, 3.63) is 33.0 Å². The SMILES string of the molecule is CN(C(=O)c1cc(Cl)c(Br)cc1F)[C@H]1CCNC1.Cl. The highest BCUT2D eigenvalue weighted by Gasteiger charge is 2.26. The van der Waals surface area contributed by atoms with E-state index in [-0.39, 0.29) is 29.9 Å². The van der Waals surface area contributed by atoms with E-state index in [9.17, 15) is 9.18 Å². The van der Waals surface area contributed by atoms with Gasteiger partial charge in [0.05, 0.1) is 10.6 Å². The fourth-order valence-corrected chi connectivity index (χ4v) is 2.49. The molecule has 0 radical (unpaired) electrons. The first-order chi connectivity index (χ1) is 8.50. The van der Waals surface area contributed by atoms with Crippen LogP contribution in [-0.4, -0.2) is 37.0 Å². The molecule has 0 unspecified atom stereocenters. The second kappa shape index (κ2) is 6.88. The van der Waals surface area contributed by atoms with Gasteiger partial charge in [-0.3, -0.25) is 4.79 Å². The number of halogens is 4. The van der Waals surface area contributed by atoms with E-state index >= 15 is 0 Å². The summed E-state index contributed by atoms with van der Waals surface area (Å²) in [5, 5.41) is 3.50. The van der Waals surface area contributed by atoms with Crippen molar-refractivity contribution in [3.63, 3.8) is 0 Å². The van der Waals surface area contributed by atoms with Crippen LogP contribution in [0.25, 0.3) is 0 Å². The van der Waals surface area contributed by atoms with Crippen LogP contribution in [0.2, 0.25) is 5.02 Å². The fraction of sp³-hybridized carbons (Fsp3) is 0.417. The lowest BCUT2D eigenvalue weighted by molar-refractivity contribution is 0.0739. The average Bonchev–Trinajstić information content (AvgIpc) is 2.85. The minimum absolute atomic E-state index is 0. The van der Waals surface area contributed by atoms with Crippen molar-refractivity contribution in [2.24, 2.45) is 0 Å². The summed E-state index contributed by atoms with van der Waals surface area (Å²) in [5.41, 5.74) is 0.0117. The first-order valence-corrected chi connectivity index (χ1v) is 6.80. The summed E-state index contributed by atoms with van der Waals surface area (Å²) in [6, 6.07) is 2.69. The Bertz CT molecular complexity index is 481.